The first-order valence-electron chi connectivity index (χ1n) is 10.2. The van der Waals surface area contributed by atoms with Crippen molar-refractivity contribution in [2.75, 3.05) is 16.3 Å². The van der Waals surface area contributed by atoms with Crippen LogP contribution in [-0.4, -0.2) is 51.7 Å². The molecule has 0 bridgehead atoms. The molecule has 1 atom stereocenters. The molecule has 1 saturated carbocycles. The summed E-state index contributed by atoms with van der Waals surface area (Å²) < 4.78 is 68.6. The number of aryl methyl sites for hydroxylation is 1. The third kappa shape index (κ3) is 4.47. The third-order valence-electron chi connectivity index (χ3n) is 5.56. The van der Waals surface area contributed by atoms with Gasteiger partial charge in [0.05, 0.1) is 17.8 Å². The summed E-state index contributed by atoms with van der Waals surface area (Å²) in [4.78, 5) is 43.7. The van der Waals surface area contributed by atoms with Crippen LogP contribution < -0.4 is 9.80 Å². The van der Waals surface area contributed by atoms with Gasteiger partial charge in [0.15, 0.2) is 5.82 Å². The summed E-state index contributed by atoms with van der Waals surface area (Å²) >= 11 is 5.65. The van der Waals surface area contributed by atoms with Crippen molar-refractivity contribution in [1.82, 2.24) is 9.88 Å². The second-order valence-corrected chi connectivity index (χ2v) is 8.43. The van der Waals surface area contributed by atoms with Gasteiger partial charge in [-0.1, -0.05) is 11.6 Å². The third-order valence-corrected chi connectivity index (χ3v) is 5.90. The molecule has 0 radical (unpaired) electrons. The van der Waals surface area contributed by atoms with Gasteiger partial charge in [0.1, 0.15) is 22.7 Å². The zero-order valence-corrected chi connectivity index (χ0v) is 18.6. The molecule has 1 aliphatic heterocycles. The van der Waals surface area contributed by atoms with Crippen molar-refractivity contribution >= 4 is 41.1 Å². The lowest BCUT2D eigenvalue weighted by Gasteiger charge is -2.29. The quantitative estimate of drug-likeness (QED) is 0.462. The first-order valence-corrected chi connectivity index (χ1v) is 10.5. The Kier molecular flexibility index (Phi) is 6.07. The van der Waals surface area contributed by atoms with Gasteiger partial charge in [-0.05, 0) is 44.0 Å². The molecule has 1 aliphatic carbocycles. The molecule has 1 aromatic heterocycles. The summed E-state index contributed by atoms with van der Waals surface area (Å²) in [6.07, 6.45) is -5.71. The van der Waals surface area contributed by atoms with Crippen LogP contribution in [0.5, 0.6) is 0 Å². The average molecular weight is 519 g/mol. The van der Waals surface area contributed by atoms with E-state index in [1.54, 1.807) is 0 Å². The number of nitrogens with zero attached hydrogens (tertiary/aromatic N) is 4. The van der Waals surface area contributed by atoms with Gasteiger partial charge in [0.2, 0.25) is 0 Å². The highest BCUT2D eigenvalue weighted by Crippen LogP contribution is 2.39. The van der Waals surface area contributed by atoms with Gasteiger partial charge in [-0.15, -0.1) is 0 Å². The van der Waals surface area contributed by atoms with Crippen molar-refractivity contribution in [3.63, 3.8) is 0 Å². The van der Waals surface area contributed by atoms with E-state index in [0.717, 1.165) is 23.1 Å². The van der Waals surface area contributed by atoms with Crippen molar-refractivity contribution < 1.29 is 41.4 Å². The molecule has 1 aromatic carbocycles. The molecule has 2 aromatic rings. The Bertz CT molecular complexity index is 1240. The number of halogens is 6. The van der Waals surface area contributed by atoms with Crippen LogP contribution in [0, 0.1) is 18.6 Å². The maximum absolute atomic E-state index is 14.8. The highest BCUT2D eigenvalue weighted by molar-refractivity contribution is 6.31. The number of carbonyl (C=O) groups excluding carboxylic acids is 2. The highest BCUT2D eigenvalue weighted by atomic mass is 35.5. The molecule has 1 saturated heterocycles. The van der Waals surface area contributed by atoms with Gasteiger partial charge in [-0.25, -0.2) is 28.3 Å². The molecule has 2 fully saturated rings. The van der Waals surface area contributed by atoms with Crippen LogP contribution in [0.2, 0.25) is 5.02 Å². The van der Waals surface area contributed by atoms with Crippen molar-refractivity contribution in [2.24, 2.45) is 0 Å². The van der Waals surface area contributed by atoms with Crippen LogP contribution in [0.4, 0.5) is 43.0 Å². The normalized spacial score (nSPS) is 18.3. The lowest BCUT2D eigenvalue weighted by molar-refractivity contribution is -0.137. The van der Waals surface area contributed by atoms with Crippen LogP contribution in [0.3, 0.4) is 0 Å². The van der Waals surface area contributed by atoms with Crippen molar-refractivity contribution in [2.45, 2.75) is 38.0 Å². The summed E-state index contributed by atoms with van der Waals surface area (Å²) in [5.41, 5.74) is -1.71. The molecule has 8 nitrogen and oxygen atoms in total. The minimum Gasteiger partial charge on any atom is -0.465 e. The fourth-order valence-electron chi connectivity index (χ4n) is 3.83. The van der Waals surface area contributed by atoms with Gasteiger partial charge in [-0.2, -0.15) is 13.2 Å². The van der Waals surface area contributed by atoms with Crippen LogP contribution >= 0.6 is 11.6 Å². The van der Waals surface area contributed by atoms with Gasteiger partial charge in [0.25, 0.3) is 5.91 Å². The van der Waals surface area contributed by atoms with Gasteiger partial charge >= 0.3 is 18.3 Å². The second-order valence-electron chi connectivity index (χ2n) is 8.05. The SMILES string of the molecule is Cc1cc(C(F)(F)F)cc(N2C(=O)N(C(=O)O)CC2C(=O)N(c2ccc(F)c(Cl)c2F)C2CC2)n1. The molecule has 2 heterocycles. The molecule has 14 heteroatoms. The first-order chi connectivity index (χ1) is 16.3. The Hall–Kier alpha value is -3.48. The average Bonchev–Trinajstić information content (AvgIpc) is 3.53. The molecule has 1 unspecified atom stereocenters. The number of urea groups is 1. The van der Waals surface area contributed by atoms with Crippen LogP contribution in [0.1, 0.15) is 24.1 Å². The number of amides is 4. The van der Waals surface area contributed by atoms with Crippen molar-refractivity contribution in [3.8, 4) is 0 Å². The van der Waals surface area contributed by atoms with E-state index in [1.807, 2.05) is 0 Å². The number of aromatic nitrogens is 1. The summed E-state index contributed by atoms with van der Waals surface area (Å²) in [5, 5.41) is 8.54. The Morgan fingerprint density at radius 3 is 2.43 bits per heavy atom. The Labute approximate surface area is 199 Å². The van der Waals surface area contributed by atoms with Gasteiger partial charge < -0.3 is 10.0 Å². The molecule has 35 heavy (non-hydrogen) atoms. The van der Waals surface area contributed by atoms with Gasteiger partial charge in [0, 0.05) is 11.7 Å². The van der Waals surface area contributed by atoms with Crippen molar-refractivity contribution in [3.05, 3.63) is 52.2 Å². The van der Waals surface area contributed by atoms with E-state index in [2.05, 4.69) is 4.98 Å². The van der Waals surface area contributed by atoms with E-state index in [9.17, 15) is 41.4 Å². The monoisotopic (exact) mass is 518 g/mol. The largest absolute Gasteiger partial charge is 0.465 e. The smallest absolute Gasteiger partial charge is 0.416 e. The Morgan fingerprint density at radius 2 is 1.86 bits per heavy atom. The first kappa shape index (κ1) is 24.6. The topological polar surface area (TPSA) is 94.1 Å². The molecular weight excluding hydrogens is 503 g/mol. The van der Waals surface area contributed by atoms with E-state index in [-0.39, 0.29) is 10.6 Å². The lowest BCUT2D eigenvalue weighted by atomic mass is 10.1. The van der Waals surface area contributed by atoms with Crippen LogP contribution in [0.25, 0.3) is 0 Å². The number of imide groups is 1. The summed E-state index contributed by atoms with van der Waals surface area (Å²) in [7, 11) is 0. The van der Waals surface area contributed by atoms with E-state index in [0.29, 0.717) is 23.8 Å². The van der Waals surface area contributed by atoms with E-state index >= 15 is 0 Å². The number of hydrogen-bond acceptors (Lipinski definition) is 4. The minimum absolute atomic E-state index is 0.141. The predicted octanol–water partition coefficient (Wildman–Crippen LogP) is 4.82. The summed E-state index contributed by atoms with van der Waals surface area (Å²) in [6, 6.07) is -0.480. The number of anilines is 2. The number of rotatable bonds is 4. The molecule has 4 rings (SSSR count). The second kappa shape index (κ2) is 8.63. The number of carboxylic acid groups (broad SMARTS) is 1. The van der Waals surface area contributed by atoms with E-state index < -0.39 is 76.6 Å². The maximum atomic E-state index is 14.8. The van der Waals surface area contributed by atoms with Crippen LogP contribution in [-0.2, 0) is 11.0 Å². The summed E-state index contributed by atoms with van der Waals surface area (Å²) in [5.74, 6) is -3.90. The fourth-order valence-corrected chi connectivity index (χ4v) is 3.99. The maximum Gasteiger partial charge on any atom is 0.416 e. The predicted molar refractivity (Wildman–Crippen MR) is 112 cm³/mol. The molecule has 1 N–H and O–H groups in total. The van der Waals surface area contributed by atoms with E-state index in [4.69, 9.17) is 11.6 Å². The minimum atomic E-state index is -4.81. The number of alkyl halides is 3. The molecule has 0 spiro atoms. The number of hydrogen-bond donors (Lipinski definition) is 1. The number of benzene rings is 1. The van der Waals surface area contributed by atoms with Crippen molar-refractivity contribution in [1.29, 1.82) is 0 Å². The molecule has 2 aliphatic rings. The Balaban J connectivity index is 1.81. The summed E-state index contributed by atoms with van der Waals surface area (Å²) in [6.45, 7) is 0.487. The molecule has 4 amide bonds. The number of pyridine rings is 1. The van der Waals surface area contributed by atoms with Gasteiger partial charge in [-0.3, -0.25) is 9.69 Å². The van der Waals surface area contributed by atoms with Crippen LogP contribution in [0.15, 0.2) is 24.3 Å². The lowest BCUT2D eigenvalue weighted by Crippen LogP contribution is -2.49. The Morgan fingerprint density at radius 1 is 1.20 bits per heavy atom. The highest BCUT2D eigenvalue weighted by Gasteiger charge is 2.50. The fraction of sp³-hybridized carbons (Fsp3) is 0.333. The zero-order chi connectivity index (χ0) is 25.8. The molecule has 186 valence electrons. The number of carbonyl (C=O) groups is 3. The van der Waals surface area contributed by atoms with E-state index in [1.165, 1.54) is 6.92 Å². The molecular formula is C21H16ClF5N4O4. The standard InChI is InChI=1S/C21H16ClF5N4O4/c1-9-6-10(21(25,26)27)7-15(28-9)31-14(8-29(19(31)33)20(34)35)18(32)30(11-2-3-11)13-5-4-12(23)16(22)17(13)24/h4-7,11,14H,2-3,8H2,1H3,(H,34,35). The zero-order valence-electron chi connectivity index (χ0n) is 17.8.